The van der Waals surface area contributed by atoms with Crippen molar-refractivity contribution >= 4 is 43.5 Å². The van der Waals surface area contributed by atoms with Crippen LogP contribution in [0, 0.1) is 0 Å². The Morgan fingerprint density at radius 1 is 1.06 bits per heavy atom. The van der Waals surface area contributed by atoms with E-state index in [0.717, 1.165) is 22.5 Å². The van der Waals surface area contributed by atoms with E-state index in [-0.39, 0.29) is 18.5 Å². The van der Waals surface area contributed by atoms with Crippen LogP contribution in [0.1, 0.15) is 32.8 Å². The number of hydrogen-bond donors (Lipinski definition) is 1. The summed E-state index contributed by atoms with van der Waals surface area (Å²) in [5, 5.41) is 2.90. The molecule has 0 bridgehead atoms. The molecule has 2 rings (SSSR count). The van der Waals surface area contributed by atoms with Gasteiger partial charge < -0.3 is 10.2 Å². The van der Waals surface area contributed by atoms with Crippen LogP contribution in [-0.4, -0.2) is 50.0 Å². The van der Waals surface area contributed by atoms with Crippen LogP contribution in [0.15, 0.2) is 59.1 Å². The van der Waals surface area contributed by atoms with Crippen LogP contribution in [0.3, 0.4) is 0 Å². The summed E-state index contributed by atoms with van der Waals surface area (Å²) in [6.07, 6.45) is 1.82. The smallest absolute Gasteiger partial charge is 0.244 e. The molecule has 2 aromatic rings. The van der Waals surface area contributed by atoms with E-state index in [1.54, 1.807) is 31.2 Å². The Bertz CT molecular complexity index is 1030. The third kappa shape index (κ3) is 7.34. The Hall–Kier alpha value is -2.39. The molecule has 0 saturated heterocycles. The molecule has 0 aliphatic rings. The number of carbonyl (C=O) groups excluding carboxylic acids is 2. The lowest BCUT2D eigenvalue weighted by atomic mass is 10.1. The summed E-state index contributed by atoms with van der Waals surface area (Å²) in [5.74, 6) is -0.747. The number of anilines is 1. The van der Waals surface area contributed by atoms with Gasteiger partial charge in [-0.1, -0.05) is 59.3 Å². The zero-order valence-corrected chi connectivity index (χ0v) is 21.2. The Kier molecular flexibility index (Phi) is 9.27. The zero-order chi connectivity index (χ0) is 23.9. The van der Waals surface area contributed by atoms with Crippen molar-refractivity contribution in [2.75, 3.05) is 17.1 Å². The van der Waals surface area contributed by atoms with Crippen molar-refractivity contribution in [3.8, 4) is 0 Å². The summed E-state index contributed by atoms with van der Waals surface area (Å²) >= 11 is 3.34. The fourth-order valence-corrected chi connectivity index (χ4v) is 4.30. The van der Waals surface area contributed by atoms with E-state index < -0.39 is 28.5 Å². The molecule has 0 aliphatic carbocycles. The maximum absolute atomic E-state index is 13.4. The molecule has 2 aromatic carbocycles. The van der Waals surface area contributed by atoms with E-state index in [1.165, 1.54) is 4.90 Å². The molecule has 0 radical (unpaired) electrons. The molecule has 0 fully saturated rings. The monoisotopic (exact) mass is 523 g/mol. The van der Waals surface area contributed by atoms with Crippen LogP contribution >= 0.6 is 15.9 Å². The number of hydrogen-bond acceptors (Lipinski definition) is 4. The summed E-state index contributed by atoms with van der Waals surface area (Å²) < 4.78 is 26.8. The number of sulfonamides is 1. The first-order valence-corrected chi connectivity index (χ1v) is 13.0. The van der Waals surface area contributed by atoms with Crippen LogP contribution in [-0.2, 0) is 26.2 Å². The minimum atomic E-state index is -3.74. The molecule has 0 spiro atoms. The van der Waals surface area contributed by atoms with Crippen molar-refractivity contribution in [1.82, 2.24) is 10.2 Å². The predicted molar refractivity (Wildman–Crippen MR) is 131 cm³/mol. The van der Waals surface area contributed by atoms with Crippen LogP contribution in [0.5, 0.6) is 0 Å². The largest absolute Gasteiger partial charge is 0.352 e. The van der Waals surface area contributed by atoms with Crippen molar-refractivity contribution in [2.45, 2.75) is 45.8 Å². The molecule has 0 aromatic heterocycles. The van der Waals surface area contributed by atoms with Crippen LogP contribution in [0.2, 0.25) is 0 Å². The molecular weight excluding hydrogens is 494 g/mol. The second-order valence-electron chi connectivity index (χ2n) is 7.75. The van der Waals surface area contributed by atoms with Crippen LogP contribution < -0.4 is 9.62 Å². The average Bonchev–Trinajstić information content (AvgIpc) is 2.74. The van der Waals surface area contributed by atoms with Gasteiger partial charge in [0.25, 0.3) is 0 Å². The fourth-order valence-electron chi connectivity index (χ4n) is 3.07. The first-order valence-electron chi connectivity index (χ1n) is 10.4. The van der Waals surface area contributed by atoms with E-state index in [1.807, 2.05) is 44.2 Å². The van der Waals surface area contributed by atoms with Crippen molar-refractivity contribution in [3.05, 3.63) is 64.6 Å². The number of benzene rings is 2. The molecule has 0 unspecified atom stereocenters. The minimum absolute atomic E-state index is 0.0344. The maximum atomic E-state index is 13.4. The lowest BCUT2D eigenvalue weighted by molar-refractivity contribution is -0.139. The molecule has 32 heavy (non-hydrogen) atoms. The molecule has 7 nitrogen and oxygen atoms in total. The minimum Gasteiger partial charge on any atom is -0.352 e. The third-order valence-corrected chi connectivity index (χ3v) is 6.77. The Morgan fingerprint density at radius 2 is 1.72 bits per heavy atom. The molecule has 1 N–H and O–H groups in total. The van der Waals surface area contributed by atoms with Gasteiger partial charge in [-0.15, -0.1) is 0 Å². The van der Waals surface area contributed by atoms with Crippen molar-refractivity contribution in [1.29, 1.82) is 0 Å². The van der Waals surface area contributed by atoms with Gasteiger partial charge in [0.1, 0.15) is 12.6 Å². The number of nitrogens with one attached hydrogen (secondary N) is 1. The summed E-state index contributed by atoms with van der Waals surface area (Å²) in [6, 6.07) is 15.2. The Balaban J connectivity index is 2.35. The highest BCUT2D eigenvalue weighted by Gasteiger charge is 2.30. The lowest BCUT2D eigenvalue weighted by Gasteiger charge is -2.32. The van der Waals surface area contributed by atoms with Gasteiger partial charge >= 0.3 is 0 Å². The first kappa shape index (κ1) is 25.9. The molecule has 174 valence electrons. The topological polar surface area (TPSA) is 86.8 Å². The number of amides is 2. The molecule has 0 aliphatic heterocycles. The van der Waals surface area contributed by atoms with Gasteiger partial charge in [-0.25, -0.2) is 8.42 Å². The Morgan fingerprint density at radius 3 is 2.28 bits per heavy atom. The van der Waals surface area contributed by atoms with Gasteiger partial charge in [-0.05, 0) is 44.0 Å². The number of halogens is 1. The highest BCUT2D eigenvalue weighted by Crippen LogP contribution is 2.23. The van der Waals surface area contributed by atoms with Gasteiger partial charge in [-0.3, -0.25) is 13.9 Å². The van der Waals surface area contributed by atoms with Crippen molar-refractivity contribution < 1.29 is 18.0 Å². The van der Waals surface area contributed by atoms with Gasteiger partial charge in [-0.2, -0.15) is 0 Å². The van der Waals surface area contributed by atoms with Crippen molar-refractivity contribution in [2.24, 2.45) is 0 Å². The molecule has 9 heteroatoms. The second kappa shape index (κ2) is 11.5. The molecule has 0 saturated carbocycles. The highest BCUT2D eigenvalue weighted by atomic mass is 79.9. The van der Waals surface area contributed by atoms with Gasteiger partial charge in [0.2, 0.25) is 21.8 Å². The average molecular weight is 524 g/mol. The third-order valence-electron chi connectivity index (χ3n) is 5.14. The highest BCUT2D eigenvalue weighted by molar-refractivity contribution is 9.10. The fraction of sp³-hybridized carbons (Fsp3) is 0.391. The van der Waals surface area contributed by atoms with Crippen molar-refractivity contribution in [3.63, 3.8) is 0 Å². The van der Waals surface area contributed by atoms with Crippen LogP contribution in [0.25, 0.3) is 0 Å². The first-order chi connectivity index (χ1) is 15.0. The quantitative estimate of drug-likeness (QED) is 0.515. The van der Waals surface area contributed by atoms with E-state index in [9.17, 15) is 18.0 Å². The van der Waals surface area contributed by atoms with E-state index in [2.05, 4.69) is 21.2 Å². The maximum Gasteiger partial charge on any atom is 0.244 e. The predicted octanol–water partition coefficient (Wildman–Crippen LogP) is 3.55. The van der Waals surface area contributed by atoms with Gasteiger partial charge in [0.05, 0.1) is 11.9 Å². The number of rotatable bonds is 10. The molecule has 2 amide bonds. The second-order valence-corrected chi connectivity index (χ2v) is 10.6. The lowest BCUT2D eigenvalue weighted by Crippen LogP contribution is -2.52. The normalized spacial score (nSPS) is 13.2. The van der Waals surface area contributed by atoms with Gasteiger partial charge in [0, 0.05) is 17.1 Å². The summed E-state index contributed by atoms with van der Waals surface area (Å²) in [6.45, 7) is 5.29. The SMILES string of the molecule is CC[C@H](C)NC(=O)[C@H](C)N(Cc1ccccc1)C(=O)CN(c1cccc(Br)c1)S(C)(=O)=O. The standard InChI is InChI=1S/C23H30BrN3O4S/c1-5-17(2)25-23(29)18(3)26(15-19-10-7-6-8-11-19)22(28)16-27(32(4,30)31)21-13-9-12-20(24)14-21/h6-14,17-18H,5,15-16H2,1-4H3,(H,25,29)/t17-,18-/m0/s1. The summed E-state index contributed by atoms with van der Waals surface area (Å²) in [7, 11) is -3.74. The molecular formula is C23H30BrN3O4S. The van der Waals surface area contributed by atoms with E-state index >= 15 is 0 Å². The molecule has 2 atom stereocenters. The van der Waals surface area contributed by atoms with E-state index in [0.29, 0.717) is 10.2 Å². The Labute approximate surface area is 199 Å². The number of nitrogens with zero attached hydrogens (tertiary/aromatic N) is 2. The summed E-state index contributed by atoms with van der Waals surface area (Å²) in [4.78, 5) is 27.6. The van der Waals surface area contributed by atoms with Gasteiger partial charge in [0.15, 0.2) is 0 Å². The number of carbonyl (C=O) groups is 2. The zero-order valence-electron chi connectivity index (χ0n) is 18.8. The summed E-state index contributed by atoms with van der Waals surface area (Å²) in [5.41, 5.74) is 1.21. The molecule has 0 heterocycles. The van der Waals surface area contributed by atoms with E-state index in [4.69, 9.17) is 0 Å². The van der Waals surface area contributed by atoms with Crippen LogP contribution in [0.4, 0.5) is 5.69 Å².